The smallest absolute Gasteiger partial charge is 0.119 e. The molecule has 0 aromatic heterocycles. The van der Waals surface area contributed by atoms with Gasteiger partial charge in [0.05, 0.1) is 6.61 Å². The molecule has 0 saturated carbocycles. The van der Waals surface area contributed by atoms with Crippen molar-refractivity contribution in [3.8, 4) is 11.5 Å². The van der Waals surface area contributed by atoms with Crippen molar-refractivity contribution in [3.63, 3.8) is 0 Å². The molecule has 0 aliphatic carbocycles. The normalized spacial score (nSPS) is 10.9. The highest BCUT2D eigenvalue weighted by molar-refractivity contribution is 5.29. The molecule has 0 atom stereocenters. The number of phenols is 1. The van der Waals surface area contributed by atoms with Gasteiger partial charge in [-0.25, -0.2) is 0 Å². The first-order valence-corrected chi connectivity index (χ1v) is 10.7. The highest BCUT2D eigenvalue weighted by Gasteiger charge is 1.96. The summed E-state index contributed by atoms with van der Waals surface area (Å²) in [5.74, 6) is 1.14. The highest BCUT2D eigenvalue weighted by atomic mass is 16.5. The fourth-order valence-corrected chi connectivity index (χ4v) is 3.21. The number of hydrogen-bond acceptors (Lipinski definition) is 2. The molecule has 0 unspecified atom stereocenters. The lowest BCUT2D eigenvalue weighted by atomic mass is 10.0. The molecule has 1 N–H and O–H groups in total. The zero-order valence-corrected chi connectivity index (χ0v) is 16.5. The van der Waals surface area contributed by atoms with Gasteiger partial charge in [0.1, 0.15) is 11.5 Å². The predicted molar refractivity (Wildman–Crippen MR) is 109 cm³/mol. The Morgan fingerprint density at radius 2 is 1.00 bits per heavy atom. The second kappa shape index (κ2) is 16.3. The number of phenolic OH excluding ortho intramolecular Hbond substituents is 1. The Bertz CT molecular complexity index is 386. The zero-order valence-electron chi connectivity index (χ0n) is 16.5. The van der Waals surface area contributed by atoms with Gasteiger partial charge < -0.3 is 9.84 Å². The van der Waals surface area contributed by atoms with E-state index in [1.807, 2.05) is 12.1 Å². The van der Waals surface area contributed by atoms with Crippen molar-refractivity contribution in [3.05, 3.63) is 24.3 Å². The average Bonchev–Trinajstić information content (AvgIpc) is 2.63. The van der Waals surface area contributed by atoms with Crippen molar-refractivity contribution in [1.29, 1.82) is 0 Å². The third-order valence-electron chi connectivity index (χ3n) is 4.85. The summed E-state index contributed by atoms with van der Waals surface area (Å²) in [6.45, 7) is 3.06. The topological polar surface area (TPSA) is 29.5 Å². The van der Waals surface area contributed by atoms with E-state index in [1.54, 1.807) is 12.1 Å². The summed E-state index contributed by atoms with van der Waals surface area (Å²) in [7, 11) is 0. The minimum atomic E-state index is 0.291. The predicted octanol–water partition coefficient (Wildman–Crippen LogP) is 7.64. The van der Waals surface area contributed by atoms with Gasteiger partial charge in [-0.2, -0.15) is 0 Å². The Hall–Kier alpha value is -1.18. The van der Waals surface area contributed by atoms with Crippen molar-refractivity contribution in [1.82, 2.24) is 0 Å². The zero-order chi connectivity index (χ0) is 18.0. The molecule has 2 heteroatoms. The van der Waals surface area contributed by atoms with Crippen LogP contribution >= 0.6 is 0 Å². The van der Waals surface area contributed by atoms with Crippen LogP contribution in [0.4, 0.5) is 0 Å². The summed E-state index contributed by atoms with van der Waals surface area (Å²) in [5, 5.41) is 9.21. The molecule has 0 spiro atoms. The summed E-state index contributed by atoms with van der Waals surface area (Å²) in [4.78, 5) is 0. The number of aromatic hydroxyl groups is 1. The molecule has 0 heterocycles. The van der Waals surface area contributed by atoms with Crippen LogP contribution in [0, 0.1) is 0 Å². The monoisotopic (exact) mass is 348 g/mol. The van der Waals surface area contributed by atoms with Crippen LogP contribution < -0.4 is 4.74 Å². The summed E-state index contributed by atoms with van der Waals surface area (Å²) in [5.41, 5.74) is 0. The molecule has 1 rings (SSSR count). The van der Waals surface area contributed by atoms with Crippen LogP contribution in [0.2, 0.25) is 0 Å². The molecule has 0 amide bonds. The van der Waals surface area contributed by atoms with E-state index >= 15 is 0 Å². The Kier molecular flexibility index (Phi) is 14.3. The maximum absolute atomic E-state index is 9.21. The number of benzene rings is 1. The minimum absolute atomic E-state index is 0.291. The lowest BCUT2D eigenvalue weighted by Gasteiger charge is -2.06. The largest absolute Gasteiger partial charge is 0.508 e. The fourth-order valence-electron chi connectivity index (χ4n) is 3.21. The molecule has 2 nitrogen and oxygen atoms in total. The van der Waals surface area contributed by atoms with Gasteiger partial charge in [0, 0.05) is 0 Å². The molecule has 0 fully saturated rings. The first kappa shape index (κ1) is 21.9. The molecule has 0 aliphatic heterocycles. The Labute approximate surface area is 156 Å². The lowest BCUT2D eigenvalue weighted by molar-refractivity contribution is 0.303. The van der Waals surface area contributed by atoms with Crippen LogP contribution in [0.5, 0.6) is 11.5 Å². The molecule has 1 aromatic rings. The molecule has 144 valence electrons. The Morgan fingerprint density at radius 3 is 1.44 bits per heavy atom. The Balaban J connectivity index is 1.74. The van der Waals surface area contributed by atoms with Gasteiger partial charge in [0.2, 0.25) is 0 Å². The van der Waals surface area contributed by atoms with Gasteiger partial charge >= 0.3 is 0 Å². The maximum Gasteiger partial charge on any atom is 0.119 e. The Morgan fingerprint density at radius 1 is 0.600 bits per heavy atom. The van der Waals surface area contributed by atoms with Gasteiger partial charge in [0.15, 0.2) is 0 Å². The van der Waals surface area contributed by atoms with Crippen LogP contribution in [0.25, 0.3) is 0 Å². The van der Waals surface area contributed by atoms with Crippen LogP contribution in [0.15, 0.2) is 24.3 Å². The first-order chi connectivity index (χ1) is 12.3. The molecular weight excluding hydrogens is 308 g/mol. The van der Waals surface area contributed by atoms with E-state index in [9.17, 15) is 5.11 Å². The second-order valence-electron chi connectivity index (χ2n) is 7.29. The number of hydrogen-bond donors (Lipinski definition) is 1. The van der Waals surface area contributed by atoms with E-state index in [0.717, 1.165) is 18.8 Å². The van der Waals surface area contributed by atoms with Crippen molar-refractivity contribution in [2.75, 3.05) is 6.61 Å². The summed E-state index contributed by atoms with van der Waals surface area (Å²) in [6.07, 6.45) is 20.8. The lowest BCUT2D eigenvalue weighted by Crippen LogP contribution is -1.96. The number of rotatable bonds is 17. The van der Waals surface area contributed by atoms with Crippen LogP contribution in [0.3, 0.4) is 0 Å². The molecule has 1 aromatic carbocycles. The van der Waals surface area contributed by atoms with E-state index in [1.165, 1.54) is 89.9 Å². The van der Waals surface area contributed by atoms with Gasteiger partial charge in [-0.3, -0.25) is 0 Å². The van der Waals surface area contributed by atoms with Crippen molar-refractivity contribution in [2.24, 2.45) is 0 Å². The number of unbranched alkanes of at least 4 members (excludes halogenated alkanes) is 14. The maximum atomic E-state index is 9.21. The van der Waals surface area contributed by atoms with E-state index in [4.69, 9.17) is 4.74 Å². The van der Waals surface area contributed by atoms with Gasteiger partial charge in [-0.15, -0.1) is 0 Å². The molecule has 0 aliphatic rings. The second-order valence-corrected chi connectivity index (χ2v) is 7.29. The third kappa shape index (κ3) is 13.8. The first-order valence-electron chi connectivity index (χ1n) is 10.7. The van der Waals surface area contributed by atoms with Crippen molar-refractivity contribution >= 4 is 0 Å². The summed E-state index contributed by atoms with van der Waals surface area (Å²) in [6, 6.07) is 6.98. The summed E-state index contributed by atoms with van der Waals surface area (Å²) >= 11 is 0. The molecule has 25 heavy (non-hydrogen) atoms. The third-order valence-corrected chi connectivity index (χ3v) is 4.85. The highest BCUT2D eigenvalue weighted by Crippen LogP contribution is 2.17. The van der Waals surface area contributed by atoms with Gasteiger partial charge in [-0.05, 0) is 30.7 Å². The van der Waals surface area contributed by atoms with Crippen LogP contribution in [0.1, 0.15) is 103 Å². The molecule has 0 saturated heterocycles. The van der Waals surface area contributed by atoms with E-state index in [2.05, 4.69) is 6.92 Å². The molecule has 0 radical (unpaired) electrons. The van der Waals surface area contributed by atoms with Gasteiger partial charge in [-0.1, -0.05) is 96.8 Å². The fraction of sp³-hybridized carbons (Fsp3) is 0.739. The quantitative estimate of drug-likeness (QED) is 0.293. The van der Waals surface area contributed by atoms with Crippen molar-refractivity contribution in [2.45, 2.75) is 103 Å². The van der Waals surface area contributed by atoms with Crippen LogP contribution in [-0.4, -0.2) is 11.7 Å². The molecular formula is C23H40O2. The van der Waals surface area contributed by atoms with E-state index in [0.29, 0.717) is 5.75 Å². The van der Waals surface area contributed by atoms with Crippen LogP contribution in [-0.2, 0) is 0 Å². The summed E-state index contributed by atoms with van der Waals surface area (Å²) < 4.78 is 5.66. The van der Waals surface area contributed by atoms with Crippen molar-refractivity contribution < 1.29 is 9.84 Å². The number of ether oxygens (including phenoxy) is 1. The van der Waals surface area contributed by atoms with E-state index < -0.39 is 0 Å². The standard InChI is InChI=1S/C23H40O2/c1-2-3-4-5-6-7-8-9-10-11-12-13-14-15-16-21-25-23-19-17-22(24)18-20-23/h17-20,24H,2-16,21H2,1H3. The van der Waals surface area contributed by atoms with Gasteiger partial charge in [0.25, 0.3) is 0 Å². The minimum Gasteiger partial charge on any atom is -0.508 e. The molecule has 0 bridgehead atoms. The SMILES string of the molecule is CCCCCCCCCCCCCCCCCOc1ccc(O)cc1. The van der Waals surface area contributed by atoms with E-state index in [-0.39, 0.29) is 0 Å². The average molecular weight is 349 g/mol.